The highest BCUT2D eigenvalue weighted by Gasteiger charge is 2.18. The van der Waals surface area contributed by atoms with Gasteiger partial charge in [0.2, 0.25) is 0 Å². The van der Waals surface area contributed by atoms with Gasteiger partial charge < -0.3 is 10.2 Å². The van der Waals surface area contributed by atoms with E-state index in [4.69, 9.17) is 5.10 Å². The SMILES string of the molecule is Cc1nn(-c2ccccc2)c(Sc2cccc3cccnc23)c1/C=C/C(=O)c1ccc(O)cc1O. The minimum atomic E-state index is -0.378. The second-order valence-corrected chi connectivity index (χ2v) is 8.91. The first kappa shape index (κ1) is 22.4. The maximum atomic E-state index is 12.8. The van der Waals surface area contributed by atoms with E-state index in [9.17, 15) is 15.0 Å². The Kier molecular flexibility index (Phi) is 6.08. The zero-order valence-electron chi connectivity index (χ0n) is 18.8. The molecule has 0 saturated carbocycles. The van der Waals surface area contributed by atoms with Crippen LogP contribution in [0.25, 0.3) is 22.7 Å². The topological polar surface area (TPSA) is 88.2 Å². The van der Waals surface area contributed by atoms with E-state index in [1.165, 1.54) is 30.0 Å². The molecule has 0 aliphatic carbocycles. The van der Waals surface area contributed by atoms with Gasteiger partial charge in [0.1, 0.15) is 16.5 Å². The number of nitrogens with zero attached hydrogens (tertiary/aromatic N) is 3. The van der Waals surface area contributed by atoms with E-state index in [1.54, 1.807) is 12.3 Å². The lowest BCUT2D eigenvalue weighted by Crippen LogP contribution is -1.98. The Hall–Kier alpha value is -4.36. The summed E-state index contributed by atoms with van der Waals surface area (Å²) in [5.74, 6) is -0.754. The van der Waals surface area contributed by atoms with Crippen LogP contribution in [0.2, 0.25) is 0 Å². The van der Waals surface area contributed by atoms with Gasteiger partial charge in [-0.25, -0.2) is 4.68 Å². The van der Waals surface area contributed by atoms with E-state index in [2.05, 4.69) is 4.98 Å². The summed E-state index contributed by atoms with van der Waals surface area (Å²) in [6, 6.07) is 23.7. The Morgan fingerprint density at radius 2 is 1.77 bits per heavy atom. The van der Waals surface area contributed by atoms with Gasteiger partial charge in [0.25, 0.3) is 0 Å². The number of aryl methyl sites for hydroxylation is 1. The van der Waals surface area contributed by atoms with Gasteiger partial charge in [0.15, 0.2) is 5.78 Å². The van der Waals surface area contributed by atoms with Crippen molar-refractivity contribution >= 4 is 34.5 Å². The molecule has 0 fully saturated rings. The first-order valence-corrected chi connectivity index (χ1v) is 11.7. The van der Waals surface area contributed by atoms with Gasteiger partial charge in [0.05, 0.1) is 22.5 Å². The van der Waals surface area contributed by atoms with Crippen LogP contribution in [0.1, 0.15) is 21.6 Å². The van der Waals surface area contributed by atoms with Crippen molar-refractivity contribution in [1.82, 2.24) is 14.8 Å². The number of para-hydroxylation sites is 2. The fourth-order valence-corrected chi connectivity index (χ4v) is 4.97. The van der Waals surface area contributed by atoms with Gasteiger partial charge in [-0.05, 0) is 55.5 Å². The maximum Gasteiger partial charge on any atom is 0.189 e. The minimum absolute atomic E-state index is 0.106. The quantitative estimate of drug-likeness (QED) is 0.223. The molecule has 0 aliphatic rings. The number of benzene rings is 3. The zero-order chi connectivity index (χ0) is 24.4. The van der Waals surface area contributed by atoms with E-state index < -0.39 is 0 Å². The molecule has 0 bridgehead atoms. The van der Waals surface area contributed by atoms with Crippen LogP contribution in [0, 0.1) is 6.92 Å². The molecule has 0 atom stereocenters. The van der Waals surface area contributed by atoms with Crippen LogP contribution in [-0.4, -0.2) is 30.8 Å². The summed E-state index contributed by atoms with van der Waals surface area (Å²) >= 11 is 1.53. The van der Waals surface area contributed by atoms with E-state index >= 15 is 0 Å². The number of phenols is 2. The number of fused-ring (bicyclic) bond motifs is 1. The van der Waals surface area contributed by atoms with Gasteiger partial charge in [-0.15, -0.1) is 0 Å². The largest absolute Gasteiger partial charge is 0.508 e. The number of aromatic hydroxyl groups is 2. The molecule has 5 aromatic rings. The highest BCUT2D eigenvalue weighted by atomic mass is 32.2. The van der Waals surface area contributed by atoms with Gasteiger partial charge in [-0.2, -0.15) is 5.10 Å². The second kappa shape index (κ2) is 9.48. The monoisotopic (exact) mass is 479 g/mol. The number of carbonyl (C=O) groups is 1. The molecule has 2 N–H and O–H groups in total. The predicted octanol–water partition coefficient (Wildman–Crippen LogP) is 6.19. The summed E-state index contributed by atoms with van der Waals surface area (Å²) in [6.45, 7) is 1.90. The maximum absolute atomic E-state index is 12.8. The molecule has 35 heavy (non-hydrogen) atoms. The Morgan fingerprint density at radius 3 is 2.57 bits per heavy atom. The van der Waals surface area contributed by atoms with Crippen molar-refractivity contribution in [3.63, 3.8) is 0 Å². The van der Waals surface area contributed by atoms with E-state index in [1.807, 2.05) is 72.3 Å². The predicted molar refractivity (Wildman–Crippen MR) is 137 cm³/mol. The Bertz CT molecular complexity index is 1570. The van der Waals surface area contributed by atoms with E-state index in [-0.39, 0.29) is 22.8 Å². The van der Waals surface area contributed by atoms with E-state index in [0.29, 0.717) is 0 Å². The molecule has 0 saturated heterocycles. The summed E-state index contributed by atoms with van der Waals surface area (Å²) < 4.78 is 1.87. The summed E-state index contributed by atoms with van der Waals surface area (Å²) in [6.07, 6.45) is 4.91. The van der Waals surface area contributed by atoms with Crippen LogP contribution in [-0.2, 0) is 0 Å². The second-order valence-electron chi connectivity index (χ2n) is 7.88. The number of allylic oxidation sites excluding steroid dienone is 1. The Morgan fingerprint density at radius 1 is 0.971 bits per heavy atom. The number of pyridine rings is 1. The summed E-state index contributed by atoms with van der Waals surface area (Å²) in [4.78, 5) is 18.4. The van der Waals surface area contributed by atoms with Gasteiger partial charge in [0, 0.05) is 28.1 Å². The third-order valence-corrected chi connectivity index (χ3v) is 6.65. The molecular weight excluding hydrogens is 458 g/mol. The third-order valence-electron chi connectivity index (χ3n) is 5.51. The van der Waals surface area contributed by atoms with Crippen molar-refractivity contribution in [1.29, 1.82) is 0 Å². The number of phenolic OH excluding ortho intramolecular Hbond substituents is 2. The lowest BCUT2D eigenvalue weighted by molar-refractivity contribution is 0.104. The normalized spacial score (nSPS) is 11.3. The van der Waals surface area contributed by atoms with Crippen molar-refractivity contribution in [3.05, 3.63) is 108 Å². The van der Waals surface area contributed by atoms with Crippen LogP contribution in [0.15, 0.2) is 101 Å². The zero-order valence-corrected chi connectivity index (χ0v) is 19.6. The number of aromatic nitrogens is 3. The van der Waals surface area contributed by atoms with Crippen molar-refractivity contribution in [3.8, 4) is 17.2 Å². The highest BCUT2D eigenvalue weighted by molar-refractivity contribution is 7.99. The van der Waals surface area contributed by atoms with Crippen LogP contribution < -0.4 is 0 Å². The van der Waals surface area contributed by atoms with Crippen molar-refractivity contribution < 1.29 is 15.0 Å². The van der Waals surface area contributed by atoms with Crippen molar-refractivity contribution in [2.45, 2.75) is 16.8 Å². The number of rotatable bonds is 6. The molecule has 0 radical (unpaired) electrons. The molecule has 3 aromatic carbocycles. The summed E-state index contributed by atoms with van der Waals surface area (Å²) in [5.41, 5.74) is 3.44. The third kappa shape index (κ3) is 4.54. The number of ketones is 1. The molecule has 2 heterocycles. The lowest BCUT2D eigenvalue weighted by atomic mass is 10.1. The Balaban J connectivity index is 1.60. The molecule has 172 valence electrons. The molecule has 0 spiro atoms. The van der Waals surface area contributed by atoms with Crippen LogP contribution >= 0.6 is 11.8 Å². The van der Waals surface area contributed by atoms with Gasteiger partial charge >= 0.3 is 0 Å². The number of carbonyl (C=O) groups excluding carboxylic acids is 1. The fraction of sp³-hybridized carbons (Fsp3) is 0.0357. The van der Waals surface area contributed by atoms with Crippen molar-refractivity contribution in [2.24, 2.45) is 0 Å². The molecule has 7 heteroatoms. The number of hydrogen-bond donors (Lipinski definition) is 2. The lowest BCUT2D eigenvalue weighted by Gasteiger charge is -2.10. The number of hydrogen-bond acceptors (Lipinski definition) is 6. The average Bonchev–Trinajstić information content (AvgIpc) is 3.18. The fourth-order valence-electron chi connectivity index (χ4n) is 3.79. The van der Waals surface area contributed by atoms with E-state index in [0.717, 1.165) is 43.8 Å². The molecular formula is C28H21N3O3S. The van der Waals surface area contributed by atoms with Crippen LogP contribution in [0.3, 0.4) is 0 Å². The smallest absolute Gasteiger partial charge is 0.189 e. The highest BCUT2D eigenvalue weighted by Crippen LogP contribution is 2.37. The standard InChI is InChI=1S/C28H21N3O3S/c1-18-22(14-15-24(33)23-13-12-21(32)17-25(23)34)28(31(30-18)20-9-3-2-4-10-20)35-26-11-5-7-19-8-6-16-29-27(19)26/h2-17,32,34H,1H3/b15-14+. The molecule has 5 rings (SSSR count). The van der Waals surface area contributed by atoms with Gasteiger partial charge in [-0.1, -0.05) is 48.2 Å². The van der Waals surface area contributed by atoms with Crippen LogP contribution in [0.5, 0.6) is 11.5 Å². The van der Waals surface area contributed by atoms with Crippen molar-refractivity contribution in [2.75, 3.05) is 0 Å². The van der Waals surface area contributed by atoms with Crippen LogP contribution in [0.4, 0.5) is 0 Å². The minimum Gasteiger partial charge on any atom is -0.508 e. The molecule has 0 amide bonds. The molecule has 2 aromatic heterocycles. The first-order chi connectivity index (χ1) is 17.0. The first-order valence-electron chi connectivity index (χ1n) is 10.9. The molecule has 6 nitrogen and oxygen atoms in total. The average molecular weight is 480 g/mol. The van der Waals surface area contributed by atoms with Gasteiger partial charge in [-0.3, -0.25) is 9.78 Å². The molecule has 0 aliphatic heterocycles. The Labute approximate surface area is 206 Å². The summed E-state index contributed by atoms with van der Waals surface area (Å²) in [5, 5.41) is 26.2. The summed E-state index contributed by atoms with van der Waals surface area (Å²) in [7, 11) is 0. The molecule has 0 unspecified atom stereocenters.